The van der Waals surface area contributed by atoms with Crippen LogP contribution in [0.4, 0.5) is 0 Å². The molecule has 0 fully saturated rings. The third-order valence-electron chi connectivity index (χ3n) is 4.22. The molecule has 1 amide bonds. The summed E-state index contributed by atoms with van der Waals surface area (Å²) in [4.78, 5) is 14.4. The molecule has 0 bridgehead atoms. The minimum absolute atomic E-state index is 0.0548. The summed E-state index contributed by atoms with van der Waals surface area (Å²) in [6.07, 6.45) is 0. The van der Waals surface area contributed by atoms with E-state index in [0.29, 0.717) is 23.6 Å². The molecule has 4 heteroatoms. The maximum absolute atomic E-state index is 12.7. The van der Waals surface area contributed by atoms with Crippen LogP contribution in [0, 0.1) is 0 Å². The smallest absolute Gasteiger partial charge is 0.254 e. The van der Waals surface area contributed by atoms with Gasteiger partial charge in [0.15, 0.2) is 11.5 Å². The van der Waals surface area contributed by atoms with E-state index in [1.165, 1.54) is 5.56 Å². The summed E-state index contributed by atoms with van der Waals surface area (Å²) < 4.78 is 10.5. The fraction of sp³-hybridized carbons (Fsp3) is 0.381. The third-order valence-corrected chi connectivity index (χ3v) is 4.22. The van der Waals surface area contributed by atoms with Crippen molar-refractivity contribution in [2.45, 2.75) is 32.7 Å². The van der Waals surface area contributed by atoms with E-state index >= 15 is 0 Å². The molecule has 0 unspecified atom stereocenters. The van der Waals surface area contributed by atoms with Gasteiger partial charge in [-0.2, -0.15) is 0 Å². The molecule has 0 N–H and O–H groups in total. The van der Waals surface area contributed by atoms with Gasteiger partial charge in [-0.3, -0.25) is 4.79 Å². The first kappa shape index (κ1) is 18.8. The largest absolute Gasteiger partial charge is 0.493 e. The quantitative estimate of drug-likeness (QED) is 0.815. The Morgan fingerprint density at radius 3 is 2.08 bits per heavy atom. The number of methoxy groups -OCH3 is 2. The standard InChI is InChI=1S/C21H27NO3/c1-21(2,3)17-10-7-15(8-11-17)14-22(4)20(23)16-9-12-18(24-5)19(13-16)25-6/h7-13H,14H2,1-6H3. The van der Waals surface area contributed by atoms with Crippen LogP contribution in [0.5, 0.6) is 11.5 Å². The van der Waals surface area contributed by atoms with Gasteiger partial charge < -0.3 is 14.4 Å². The van der Waals surface area contributed by atoms with E-state index < -0.39 is 0 Å². The van der Waals surface area contributed by atoms with Crippen molar-refractivity contribution in [3.8, 4) is 11.5 Å². The number of hydrogen-bond acceptors (Lipinski definition) is 3. The molecule has 0 spiro atoms. The summed E-state index contributed by atoms with van der Waals surface area (Å²) in [6.45, 7) is 7.12. The van der Waals surface area contributed by atoms with Gasteiger partial charge in [0.25, 0.3) is 5.91 Å². The van der Waals surface area contributed by atoms with Crippen LogP contribution in [0.3, 0.4) is 0 Å². The van der Waals surface area contributed by atoms with E-state index in [9.17, 15) is 4.79 Å². The zero-order valence-corrected chi connectivity index (χ0v) is 15.9. The van der Waals surface area contributed by atoms with Crippen molar-refractivity contribution in [3.63, 3.8) is 0 Å². The average molecular weight is 341 g/mol. The fourth-order valence-corrected chi connectivity index (χ4v) is 2.65. The number of benzene rings is 2. The number of carbonyl (C=O) groups is 1. The zero-order chi connectivity index (χ0) is 18.6. The molecule has 0 atom stereocenters. The van der Waals surface area contributed by atoms with E-state index in [2.05, 4.69) is 45.0 Å². The molecule has 0 saturated heterocycles. The second-order valence-corrected chi connectivity index (χ2v) is 7.18. The normalized spacial score (nSPS) is 11.1. The highest BCUT2D eigenvalue weighted by Gasteiger charge is 2.16. The fourth-order valence-electron chi connectivity index (χ4n) is 2.65. The van der Waals surface area contributed by atoms with Crippen molar-refractivity contribution in [2.24, 2.45) is 0 Å². The maximum Gasteiger partial charge on any atom is 0.254 e. The molecule has 0 saturated carbocycles. The Hall–Kier alpha value is -2.49. The lowest BCUT2D eigenvalue weighted by atomic mass is 9.87. The summed E-state index contributed by atoms with van der Waals surface area (Å²) in [5.41, 5.74) is 3.08. The molecule has 0 aliphatic carbocycles. The molecule has 4 nitrogen and oxygen atoms in total. The second kappa shape index (κ2) is 7.60. The number of amides is 1. The van der Waals surface area contributed by atoms with Gasteiger partial charge in [0.05, 0.1) is 14.2 Å². The summed E-state index contributed by atoms with van der Waals surface area (Å²) in [5.74, 6) is 1.11. The number of rotatable bonds is 5. The van der Waals surface area contributed by atoms with E-state index in [-0.39, 0.29) is 11.3 Å². The van der Waals surface area contributed by atoms with Crippen LogP contribution in [0.25, 0.3) is 0 Å². The van der Waals surface area contributed by atoms with Crippen molar-refractivity contribution < 1.29 is 14.3 Å². The van der Waals surface area contributed by atoms with Crippen LogP contribution >= 0.6 is 0 Å². The molecule has 0 aliphatic rings. The zero-order valence-electron chi connectivity index (χ0n) is 15.9. The molecular formula is C21H27NO3. The van der Waals surface area contributed by atoms with Gasteiger partial charge in [-0.15, -0.1) is 0 Å². The predicted molar refractivity (Wildman–Crippen MR) is 100 cm³/mol. The average Bonchev–Trinajstić information content (AvgIpc) is 2.60. The van der Waals surface area contributed by atoms with E-state index in [0.717, 1.165) is 5.56 Å². The number of carbonyl (C=O) groups excluding carboxylic acids is 1. The summed E-state index contributed by atoms with van der Waals surface area (Å²) in [7, 11) is 4.94. The first-order valence-electron chi connectivity index (χ1n) is 8.33. The summed E-state index contributed by atoms with van der Waals surface area (Å²) in [6, 6.07) is 13.6. The van der Waals surface area contributed by atoms with Crippen LogP contribution in [-0.2, 0) is 12.0 Å². The maximum atomic E-state index is 12.7. The number of hydrogen-bond donors (Lipinski definition) is 0. The number of nitrogens with zero attached hydrogens (tertiary/aromatic N) is 1. The minimum Gasteiger partial charge on any atom is -0.493 e. The number of ether oxygens (including phenoxy) is 2. The Labute approximate surface area is 150 Å². The van der Waals surface area contributed by atoms with Crippen LogP contribution in [0.15, 0.2) is 42.5 Å². The Balaban J connectivity index is 2.12. The third kappa shape index (κ3) is 4.53. The molecule has 0 aliphatic heterocycles. The van der Waals surface area contributed by atoms with Gasteiger partial charge in [0.2, 0.25) is 0 Å². The van der Waals surface area contributed by atoms with E-state index in [4.69, 9.17) is 9.47 Å². The summed E-state index contributed by atoms with van der Waals surface area (Å²) >= 11 is 0. The van der Waals surface area contributed by atoms with Crippen molar-refractivity contribution >= 4 is 5.91 Å². The molecule has 134 valence electrons. The Morgan fingerprint density at radius 2 is 1.56 bits per heavy atom. The van der Waals surface area contributed by atoms with Gasteiger partial charge in [0.1, 0.15) is 0 Å². The van der Waals surface area contributed by atoms with Crippen molar-refractivity contribution in [3.05, 3.63) is 59.2 Å². The molecule has 25 heavy (non-hydrogen) atoms. The Bertz CT molecular complexity index is 730. The highest BCUT2D eigenvalue weighted by atomic mass is 16.5. The molecule has 0 heterocycles. The summed E-state index contributed by atoms with van der Waals surface area (Å²) in [5, 5.41) is 0. The van der Waals surface area contributed by atoms with Gasteiger partial charge in [-0.05, 0) is 34.7 Å². The van der Waals surface area contributed by atoms with E-state index in [1.807, 2.05) is 0 Å². The molecule has 0 aromatic heterocycles. The molecule has 2 aromatic carbocycles. The van der Waals surface area contributed by atoms with Crippen molar-refractivity contribution in [2.75, 3.05) is 21.3 Å². The van der Waals surface area contributed by atoms with Gasteiger partial charge in [0, 0.05) is 19.2 Å². The molecule has 2 rings (SSSR count). The van der Waals surface area contributed by atoms with Crippen LogP contribution < -0.4 is 9.47 Å². The first-order chi connectivity index (χ1) is 11.8. The van der Waals surface area contributed by atoms with Gasteiger partial charge in [-0.25, -0.2) is 0 Å². The van der Waals surface area contributed by atoms with Gasteiger partial charge >= 0.3 is 0 Å². The van der Waals surface area contributed by atoms with Crippen molar-refractivity contribution in [1.82, 2.24) is 4.90 Å². The highest BCUT2D eigenvalue weighted by Crippen LogP contribution is 2.28. The van der Waals surface area contributed by atoms with Crippen LogP contribution in [-0.4, -0.2) is 32.1 Å². The monoisotopic (exact) mass is 341 g/mol. The lowest BCUT2D eigenvalue weighted by molar-refractivity contribution is 0.0784. The Morgan fingerprint density at radius 1 is 0.960 bits per heavy atom. The van der Waals surface area contributed by atoms with E-state index in [1.54, 1.807) is 44.4 Å². The lowest BCUT2D eigenvalue weighted by Crippen LogP contribution is -2.26. The SMILES string of the molecule is COc1ccc(C(=O)N(C)Cc2ccc(C(C)(C)C)cc2)cc1OC. The predicted octanol–water partition coefficient (Wildman–Crippen LogP) is 4.27. The van der Waals surface area contributed by atoms with Crippen LogP contribution in [0.2, 0.25) is 0 Å². The lowest BCUT2D eigenvalue weighted by Gasteiger charge is -2.21. The Kier molecular flexibility index (Phi) is 5.73. The molecule has 0 radical (unpaired) electrons. The topological polar surface area (TPSA) is 38.8 Å². The highest BCUT2D eigenvalue weighted by molar-refractivity contribution is 5.94. The second-order valence-electron chi connectivity index (χ2n) is 7.18. The van der Waals surface area contributed by atoms with Crippen LogP contribution in [0.1, 0.15) is 42.3 Å². The minimum atomic E-state index is -0.0548. The molecular weight excluding hydrogens is 314 g/mol. The van der Waals surface area contributed by atoms with Gasteiger partial charge in [-0.1, -0.05) is 45.0 Å². The first-order valence-corrected chi connectivity index (χ1v) is 8.33. The molecule has 2 aromatic rings. The van der Waals surface area contributed by atoms with Crippen molar-refractivity contribution in [1.29, 1.82) is 0 Å².